The minimum atomic E-state index is -0.342. The highest BCUT2D eigenvalue weighted by Crippen LogP contribution is 2.43. The van der Waals surface area contributed by atoms with Gasteiger partial charge in [0.05, 0.1) is 5.69 Å². The quantitative estimate of drug-likeness (QED) is 0.705. The Kier molecular flexibility index (Phi) is 4.11. The third-order valence-corrected chi connectivity index (χ3v) is 4.91. The average Bonchev–Trinajstić information content (AvgIpc) is 3.46. The molecule has 1 fully saturated rings. The van der Waals surface area contributed by atoms with Gasteiger partial charge in [0, 0.05) is 30.7 Å². The van der Waals surface area contributed by atoms with E-state index in [9.17, 15) is 9.18 Å². The van der Waals surface area contributed by atoms with Gasteiger partial charge in [0.25, 0.3) is 5.91 Å². The summed E-state index contributed by atoms with van der Waals surface area (Å²) in [6, 6.07) is 16.7. The van der Waals surface area contributed by atoms with Crippen LogP contribution >= 0.6 is 0 Å². The van der Waals surface area contributed by atoms with Crippen molar-refractivity contribution in [3.05, 3.63) is 71.5 Å². The summed E-state index contributed by atoms with van der Waals surface area (Å²) in [5, 5.41) is 5.23. The van der Waals surface area contributed by atoms with E-state index in [0.29, 0.717) is 17.2 Å². The molecule has 26 heavy (non-hydrogen) atoms. The molecule has 132 valence electrons. The lowest BCUT2D eigenvalue weighted by molar-refractivity contribution is 0.102. The van der Waals surface area contributed by atoms with Crippen LogP contribution < -0.4 is 10.2 Å². The minimum absolute atomic E-state index is 0.238. The predicted molar refractivity (Wildman–Crippen MR) is 105 cm³/mol. The number of nitrogens with one attached hydrogen (secondary N) is 1. The fraction of sp³-hybridized carbons (Fsp3) is 0.227. The summed E-state index contributed by atoms with van der Waals surface area (Å²) < 4.78 is 13.9. The normalized spacial score (nSPS) is 13.7. The van der Waals surface area contributed by atoms with Crippen molar-refractivity contribution in [3.63, 3.8) is 0 Å². The maximum Gasteiger partial charge on any atom is 0.255 e. The van der Waals surface area contributed by atoms with Crippen LogP contribution in [0, 0.1) is 5.82 Å². The van der Waals surface area contributed by atoms with Crippen LogP contribution in [0.15, 0.2) is 54.6 Å². The second-order valence-electron chi connectivity index (χ2n) is 7.04. The Balaban J connectivity index is 1.68. The lowest BCUT2D eigenvalue weighted by Gasteiger charge is -2.15. The number of hydrogen-bond acceptors (Lipinski definition) is 2. The van der Waals surface area contributed by atoms with Gasteiger partial charge in [-0.3, -0.25) is 4.79 Å². The highest BCUT2D eigenvalue weighted by molar-refractivity contribution is 6.10. The molecule has 0 aliphatic heterocycles. The standard InChI is InChI=1S/C22H21FN2O/c1-25(2)21-13-15(11-12-19(21)23)22(26)24-20-8-4-6-17-16(14-9-10-14)5-3-7-18(17)20/h3-8,11-14H,9-10H2,1-2H3,(H,24,26). The molecule has 4 rings (SSSR count). The van der Waals surface area contributed by atoms with Crippen LogP contribution in [0.5, 0.6) is 0 Å². The molecule has 0 radical (unpaired) electrons. The Labute approximate surface area is 152 Å². The van der Waals surface area contributed by atoms with E-state index in [1.807, 2.05) is 24.3 Å². The smallest absolute Gasteiger partial charge is 0.255 e. The van der Waals surface area contributed by atoms with E-state index in [4.69, 9.17) is 0 Å². The molecule has 0 heterocycles. The van der Waals surface area contributed by atoms with Crippen LogP contribution in [-0.4, -0.2) is 20.0 Å². The number of nitrogens with zero attached hydrogens (tertiary/aromatic N) is 1. The third-order valence-electron chi connectivity index (χ3n) is 4.91. The molecule has 0 unspecified atom stereocenters. The van der Waals surface area contributed by atoms with E-state index in [1.165, 1.54) is 35.9 Å². The van der Waals surface area contributed by atoms with E-state index < -0.39 is 0 Å². The number of amides is 1. The monoisotopic (exact) mass is 348 g/mol. The number of anilines is 2. The summed E-state index contributed by atoms with van der Waals surface area (Å²) in [4.78, 5) is 14.4. The van der Waals surface area contributed by atoms with Gasteiger partial charge in [-0.1, -0.05) is 30.3 Å². The summed E-state index contributed by atoms with van der Waals surface area (Å²) in [7, 11) is 3.51. The van der Waals surface area contributed by atoms with Gasteiger partial charge in [-0.2, -0.15) is 0 Å². The average molecular weight is 348 g/mol. The number of rotatable bonds is 4. The summed E-state index contributed by atoms with van der Waals surface area (Å²) in [6.07, 6.45) is 2.47. The van der Waals surface area contributed by atoms with Gasteiger partial charge in [-0.15, -0.1) is 0 Å². The Morgan fingerprint density at radius 3 is 2.50 bits per heavy atom. The maximum atomic E-state index is 13.9. The fourth-order valence-electron chi connectivity index (χ4n) is 3.38. The molecule has 0 spiro atoms. The summed E-state index contributed by atoms with van der Waals surface area (Å²) >= 11 is 0. The van der Waals surface area contributed by atoms with Crippen molar-refractivity contribution in [2.45, 2.75) is 18.8 Å². The summed E-state index contributed by atoms with van der Waals surface area (Å²) in [6.45, 7) is 0. The van der Waals surface area contributed by atoms with Crippen molar-refractivity contribution in [1.29, 1.82) is 0 Å². The molecule has 3 aromatic carbocycles. The van der Waals surface area contributed by atoms with Crippen molar-refractivity contribution in [2.24, 2.45) is 0 Å². The molecular formula is C22H21FN2O. The molecule has 0 atom stereocenters. The van der Waals surface area contributed by atoms with E-state index >= 15 is 0 Å². The highest BCUT2D eigenvalue weighted by Gasteiger charge is 2.25. The van der Waals surface area contributed by atoms with Gasteiger partial charge in [-0.05, 0) is 54.0 Å². The van der Waals surface area contributed by atoms with Crippen LogP contribution in [0.1, 0.15) is 34.7 Å². The predicted octanol–water partition coefficient (Wildman–Crippen LogP) is 5.17. The largest absolute Gasteiger partial charge is 0.375 e. The van der Waals surface area contributed by atoms with Gasteiger partial charge in [0.1, 0.15) is 5.82 Å². The van der Waals surface area contributed by atoms with Crippen LogP contribution in [0.4, 0.5) is 15.8 Å². The Morgan fingerprint density at radius 1 is 1.04 bits per heavy atom. The summed E-state index contributed by atoms with van der Waals surface area (Å²) in [5.74, 6) is 0.0626. The second kappa shape index (κ2) is 6.45. The zero-order valence-electron chi connectivity index (χ0n) is 14.9. The maximum absolute atomic E-state index is 13.9. The molecule has 1 aliphatic carbocycles. The van der Waals surface area contributed by atoms with Gasteiger partial charge >= 0.3 is 0 Å². The van der Waals surface area contributed by atoms with Gasteiger partial charge < -0.3 is 10.2 Å². The molecule has 1 amide bonds. The zero-order valence-corrected chi connectivity index (χ0v) is 14.9. The lowest BCUT2D eigenvalue weighted by atomic mass is 10.00. The Hall–Kier alpha value is -2.88. The lowest BCUT2D eigenvalue weighted by Crippen LogP contribution is -2.15. The zero-order chi connectivity index (χ0) is 18.3. The van der Waals surface area contributed by atoms with Crippen LogP contribution in [-0.2, 0) is 0 Å². The topological polar surface area (TPSA) is 32.3 Å². The second-order valence-corrected chi connectivity index (χ2v) is 7.04. The molecular weight excluding hydrogens is 327 g/mol. The van der Waals surface area contributed by atoms with Crippen molar-refractivity contribution in [1.82, 2.24) is 0 Å². The van der Waals surface area contributed by atoms with Gasteiger partial charge in [0.2, 0.25) is 0 Å². The number of halogens is 1. The highest BCUT2D eigenvalue weighted by atomic mass is 19.1. The Morgan fingerprint density at radius 2 is 1.77 bits per heavy atom. The van der Waals surface area contributed by atoms with Gasteiger partial charge in [0.15, 0.2) is 0 Å². The van der Waals surface area contributed by atoms with Crippen molar-refractivity contribution >= 4 is 28.1 Å². The number of benzene rings is 3. The van der Waals surface area contributed by atoms with Crippen LogP contribution in [0.2, 0.25) is 0 Å². The molecule has 1 aliphatic rings. The van der Waals surface area contributed by atoms with E-state index in [-0.39, 0.29) is 11.7 Å². The van der Waals surface area contributed by atoms with E-state index in [0.717, 1.165) is 11.1 Å². The number of hydrogen-bond donors (Lipinski definition) is 1. The molecule has 3 nitrogen and oxygen atoms in total. The molecule has 1 saturated carbocycles. The SMILES string of the molecule is CN(C)c1cc(C(=O)Nc2cccc3c(C4CC4)cccc23)ccc1F. The van der Waals surface area contributed by atoms with E-state index in [2.05, 4.69) is 17.4 Å². The number of carbonyl (C=O) groups excluding carboxylic acids is 1. The first-order valence-electron chi connectivity index (χ1n) is 8.84. The molecule has 0 aromatic heterocycles. The molecule has 3 aromatic rings. The third kappa shape index (κ3) is 3.03. The van der Waals surface area contributed by atoms with Crippen LogP contribution in [0.3, 0.4) is 0 Å². The Bertz CT molecular complexity index is 993. The molecule has 0 saturated heterocycles. The number of fused-ring (bicyclic) bond motifs is 1. The van der Waals surface area contributed by atoms with Crippen molar-refractivity contribution in [2.75, 3.05) is 24.3 Å². The first-order chi connectivity index (χ1) is 12.5. The minimum Gasteiger partial charge on any atom is -0.375 e. The van der Waals surface area contributed by atoms with Crippen molar-refractivity contribution in [3.8, 4) is 0 Å². The molecule has 0 bridgehead atoms. The first kappa shape index (κ1) is 16.6. The first-order valence-corrected chi connectivity index (χ1v) is 8.84. The van der Waals surface area contributed by atoms with Crippen LogP contribution in [0.25, 0.3) is 10.8 Å². The molecule has 4 heteroatoms. The van der Waals surface area contributed by atoms with Gasteiger partial charge in [-0.25, -0.2) is 4.39 Å². The van der Waals surface area contributed by atoms with Crippen molar-refractivity contribution < 1.29 is 9.18 Å². The van der Waals surface area contributed by atoms with E-state index in [1.54, 1.807) is 25.1 Å². The number of carbonyl (C=O) groups is 1. The molecule has 1 N–H and O–H groups in total. The summed E-state index contributed by atoms with van der Waals surface area (Å²) in [5.41, 5.74) is 2.97. The fourth-order valence-corrected chi connectivity index (χ4v) is 3.38.